The molecule has 0 aliphatic carbocycles. The van der Waals surface area contributed by atoms with E-state index < -0.39 is 5.41 Å². The van der Waals surface area contributed by atoms with Crippen LogP contribution in [0.4, 0.5) is 5.13 Å². The lowest BCUT2D eigenvalue weighted by atomic mass is 9.90. The van der Waals surface area contributed by atoms with Crippen LogP contribution in [-0.4, -0.2) is 27.8 Å². The van der Waals surface area contributed by atoms with Crippen molar-refractivity contribution in [3.05, 3.63) is 28.5 Å². The number of nitrogens with zero attached hydrogens (tertiary/aromatic N) is 2. The first-order valence-electron chi connectivity index (χ1n) is 6.81. The van der Waals surface area contributed by atoms with Crippen molar-refractivity contribution in [3.63, 3.8) is 0 Å². The molecule has 0 aliphatic rings. The van der Waals surface area contributed by atoms with Crippen LogP contribution in [0, 0.1) is 6.92 Å². The van der Waals surface area contributed by atoms with Gasteiger partial charge in [0.1, 0.15) is 5.41 Å². The molecule has 2 rings (SSSR count). The van der Waals surface area contributed by atoms with Crippen molar-refractivity contribution in [2.24, 2.45) is 0 Å². The summed E-state index contributed by atoms with van der Waals surface area (Å²) in [6, 6.07) is 0. The Hall–Kier alpha value is -1.89. The number of carbonyl (C=O) groups excluding carboxylic acids is 1. The molecule has 0 atom stereocenters. The average Bonchev–Trinajstić information content (AvgIpc) is 3.06. The second-order valence-corrected chi connectivity index (χ2v) is 6.12. The molecule has 0 spiro atoms. The van der Waals surface area contributed by atoms with E-state index in [1.54, 1.807) is 13.1 Å². The summed E-state index contributed by atoms with van der Waals surface area (Å²) in [7, 11) is 0. The first-order valence-corrected chi connectivity index (χ1v) is 7.69. The van der Waals surface area contributed by atoms with Gasteiger partial charge in [-0.2, -0.15) is 5.10 Å². The molecule has 2 heterocycles. The van der Waals surface area contributed by atoms with Crippen LogP contribution in [0.15, 0.2) is 11.6 Å². The molecular weight excluding hydrogens is 288 g/mol. The summed E-state index contributed by atoms with van der Waals surface area (Å²) in [5.41, 5.74) is 2.11. The van der Waals surface area contributed by atoms with Crippen LogP contribution in [0.2, 0.25) is 0 Å². The highest BCUT2D eigenvalue weighted by Crippen LogP contribution is 2.28. The van der Waals surface area contributed by atoms with Gasteiger partial charge < -0.3 is 10.1 Å². The van der Waals surface area contributed by atoms with Gasteiger partial charge in [0, 0.05) is 23.2 Å². The molecule has 2 aromatic heterocycles. The fourth-order valence-electron chi connectivity index (χ4n) is 1.78. The zero-order chi connectivity index (χ0) is 15.5. The molecule has 6 nitrogen and oxygen atoms in total. The molecule has 0 saturated carbocycles. The number of hydrogen-bond acceptors (Lipinski definition) is 6. The third-order valence-electron chi connectivity index (χ3n) is 3.29. The van der Waals surface area contributed by atoms with Crippen LogP contribution in [0.25, 0.3) is 0 Å². The highest BCUT2D eigenvalue weighted by molar-refractivity contribution is 7.13. The molecule has 114 valence electrons. The summed E-state index contributed by atoms with van der Waals surface area (Å²) in [4.78, 5) is 16.5. The van der Waals surface area contributed by atoms with Crippen molar-refractivity contribution in [3.8, 4) is 0 Å². The summed E-state index contributed by atoms with van der Waals surface area (Å²) < 4.78 is 5.10. The third kappa shape index (κ3) is 3.41. The molecule has 0 amide bonds. The maximum atomic E-state index is 12.0. The van der Waals surface area contributed by atoms with Gasteiger partial charge in [0.25, 0.3) is 0 Å². The molecule has 0 fully saturated rings. The second-order valence-electron chi connectivity index (χ2n) is 5.26. The van der Waals surface area contributed by atoms with Gasteiger partial charge in [-0.05, 0) is 27.7 Å². The molecule has 0 saturated heterocycles. The molecule has 0 bridgehead atoms. The van der Waals surface area contributed by atoms with Crippen molar-refractivity contribution in [1.29, 1.82) is 0 Å². The van der Waals surface area contributed by atoms with Crippen LogP contribution in [-0.2, 0) is 21.5 Å². The van der Waals surface area contributed by atoms with Gasteiger partial charge >= 0.3 is 5.97 Å². The smallest absolute Gasteiger partial charge is 0.317 e. The predicted octanol–water partition coefficient (Wildman–Crippen LogP) is 2.63. The maximum absolute atomic E-state index is 12.0. The van der Waals surface area contributed by atoms with Gasteiger partial charge in [0.15, 0.2) is 5.13 Å². The SMILES string of the molecule is CCOC(=O)C(C)(C)c1csc(NCc2cn[nH]c2C)n1. The van der Waals surface area contributed by atoms with Gasteiger partial charge in [-0.1, -0.05) is 0 Å². The Morgan fingerprint density at radius 2 is 2.29 bits per heavy atom. The molecule has 0 unspecified atom stereocenters. The van der Waals surface area contributed by atoms with Crippen LogP contribution in [0.5, 0.6) is 0 Å². The first kappa shape index (κ1) is 15.5. The first-order chi connectivity index (χ1) is 9.95. The van der Waals surface area contributed by atoms with E-state index in [9.17, 15) is 4.79 Å². The normalized spacial score (nSPS) is 11.4. The highest BCUT2D eigenvalue weighted by atomic mass is 32.1. The summed E-state index contributed by atoms with van der Waals surface area (Å²) in [6.07, 6.45) is 1.79. The van der Waals surface area contributed by atoms with E-state index in [1.165, 1.54) is 11.3 Å². The van der Waals surface area contributed by atoms with Crippen molar-refractivity contribution in [2.45, 2.75) is 39.7 Å². The minimum absolute atomic E-state index is 0.257. The fraction of sp³-hybridized carbons (Fsp3) is 0.500. The second kappa shape index (κ2) is 6.26. The summed E-state index contributed by atoms with van der Waals surface area (Å²) >= 11 is 1.48. The van der Waals surface area contributed by atoms with Crippen molar-refractivity contribution in [1.82, 2.24) is 15.2 Å². The Balaban J connectivity index is 2.04. The molecule has 21 heavy (non-hydrogen) atoms. The summed E-state index contributed by atoms with van der Waals surface area (Å²) in [5, 5.41) is 12.8. The number of H-pyrrole nitrogens is 1. The average molecular weight is 308 g/mol. The number of esters is 1. The lowest BCUT2D eigenvalue weighted by Crippen LogP contribution is -2.31. The number of thiazole rings is 1. The largest absolute Gasteiger partial charge is 0.465 e. The van der Waals surface area contributed by atoms with E-state index in [0.717, 1.165) is 22.1 Å². The van der Waals surface area contributed by atoms with E-state index in [1.807, 2.05) is 26.2 Å². The van der Waals surface area contributed by atoms with Gasteiger partial charge in [-0.25, -0.2) is 4.98 Å². The molecule has 2 aromatic rings. The molecule has 2 N–H and O–H groups in total. The quantitative estimate of drug-likeness (QED) is 0.802. The fourth-order valence-corrected chi connectivity index (χ4v) is 2.66. The van der Waals surface area contributed by atoms with Gasteiger partial charge in [0.2, 0.25) is 0 Å². The van der Waals surface area contributed by atoms with Crippen molar-refractivity contribution in [2.75, 3.05) is 11.9 Å². The zero-order valence-electron chi connectivity index (χ0n) is 12.7. The lowest BCUT2D eigenvalue weighted by molar-refractivity contribution is -0.148. The van der Waals surface area contributed by atoms with Gasteiger partial charge in [-0.3, -0.25) is 9.89 Å². The van der Waals surface area contributed by atoms with Crippen molar-refractivity contribution < 1.29 is 9.53 Å². The van der Waals surface area contributed by atoms with Crippen LogP contribution in [0.3, 0.4) is 0 Å². The van der Waals surface area contributed by atoms with Crippen LogP contribution in [0.1, 0.15) is 37.7 Å². The number of aryl methyl sites for hydroxylation is 1. The predicted molar refractivity (Wildman–Crippen MR) is 82.4 cm³/mol. The van der Waals surface area contributed by atoms with Crippen LogP contribution < -0.4 is 5.32 Å². The number of aromatic nitrogens is 3. The molecule has 0 aliphatic heterocycles. The number of anilines is 1. The number of hydrogen-bond donors (Lipinski definition) is 2. The Morgan fingerprint density at radius 1 is 1.52 bits per heavy atom. The van der Waals surface area contributed by atoms with Gasteiger partial charge in [-0.15, -0.1) is 11.3 Å². The third-order valence-corrected chi connectivity index (χ3v) is 4.09. The number of carbonyl (C=O) groups is 1. The molecular formula is C14H20N4O2S. The summed E-state index contributed by atoms with van der Waals surface area (Å²) in [5.74, 6) is -0.257. The Morgan fingerprint density at radius 3 is 2.90 bits per heavy atom. The standard InChI is InChI=1S/C14H20N4O2S/c1-5-20-12(19)14(3,4)11-8-21-13(17-11)15-6-10-7-16-18-9(10)2/h7-8H,5-6H2,1-4H3,(H,15,17)(H,16,18). The number of aromatic amines is 1. The minimum Gasteiger partial charge on any atom is -0.465 e. The number of rotatable bonds is 6. The maximum Gasteiger partial charge on any atom is 0.317 e. The topological polar surface area (TPSA) is 79.9 Å². The molecule has 0 radical (unpaired) electrons. The Labute approximate surface area is 127 Å². The lowest BCUT2D eigenvalue weighted by Gasteiger charge is -2.19. The van der Waals surface area contributed by atoms with E-state index in [0.29, 0.717) is 13.2 Å². The van der Waals surface area contributed by atoms with E-state index in [-0.39, 0.29) is 5.97 Å². The van der Waals surface area contributed by atoms with Crippen LogP contribution >= 0.6 is 11.3 Å². The molecule has 7 heteroatoms. The van der Waals surface area contributed by atoms with E-state index >= 15 is 0 Å². The Bertz CT molecular complexity index is 618. The van der Waals surface area contributed by atoms with E-state index in [2.05, 4.69) is 20.5 Å². The number of ether oxygens (including phenoxy) is 1. The van der Waals surface area contributed by atoms with Gasteiger partial charge in [0.05, 0.1) is 18.5 Å². The monoisotopic (exact) mass is 308 g/mol. The van der Waals surface area contributed by atoms with E-state index in [4.69, 9.17) is 4.74 Å². The Kier molecular flexibility index (Phi) is 4.62. The minimum atomic E-state index is -0.738. The highest BCUT2D eigenvalue weighted by Gasteiger charge is 2.33. The number of nitrogens with one attached hydrogen (secondary N) is 2. The molecule has 0 aromatic carbocycles. The zero-order valence-corrected chi connectivity index (χ0v) is 13.5. The summed E-state index contributed by atoms with van der Waals surface area (Å²) in [6.45, 7) is 8.44. The van der Waals surface area contributed by atoms with Crippen molar-refractivity contribution >= 4 is 22.4 Å².